The van der Waals surface area contributed by atoms with Gasteiger partial charge in [0.1, 0.15) is 42.4 Å². The molecule has 0 amide bonds. The summed E-state index contributed by atoms with van der Waals surface area (Å²) in [5.41, 5.74) is 4.00. The molecule has 328 valence electrons. The molecule has 0 aliphatic carbocycles. The van der Waals surface area contributed by atoms with Crippen LogP contribution in [-0.2, 0) is 61.5 Å². The van der Waals surface area contributed by atoms with Crippen LogP contribution >= 0.6 is 0 Å². The maximum Gasteiger partial charge on any atom is 0.383 e. The van der Waals surface area contributed by atoms with Gasteiger partial charge in [0.05, 0.1) is 38.4 Å². The van der Waals surface area contributed by atoms with Crippen molar-refractivity contribution in [2.24, 2.45) is 0 Å². The first-order chi connectivity index (χ1) is 31.5. The molecule has 1 aliphatic rings. The lowest BCUT2D eigenvalue weighted by molar-refractivity contribution is -0.310. The van der Waals surface area contributed by atoms with Crippen LogP contribution in [0.1, 0.15) is 41.2 Å². The van der Waals surface area contributed by atoms with Gasteiger partial charge < -0.3 is 42.3 Å². The number of hydrogen-bond donors (Lipinski definition) is 0. The second kappa shape index (κ2) is 22.2. The minimum absolute atomic E-state index is 0.0454. The SMILES string of the molecule is CCC(=O)Oc1c(OCc2ccccc2)c2ccc(O[C@@H]3O[C@H](COCc4ccccc4)[C@H](OCc4ccccc4)[C@H](OCc4ccccc4)[C@H]3OCc3ccccc3)cc2oc1=O. The molecule has 6 aromatic carbocycles. The quantitative estimate of drug-likeness (QED) is 0.0538. The molecule has 0 saturated carbocycles. The van der Waals surface area contributed by atoms with Crippen molar-refractivity contribution < 1.29 is 47.1 Å². The average Bonchev–Trinajstić information content (AvgIpc) is 3.34. The van der Waals surface area contributed by atoms with E-state index in [1.165, 1.54) is 0 Å². The molecule has 0 radical (unpaired) electrons. The smallest absolute Gasteiger partial charge is 0.383 e. The largest absolute Gasteiger partial charge is 0.484 e. The summed E-state index contributed by atoms with van der Waals surface area (Å²) < 4.78 is 57.9. The molecule has 5 atom stereocenters. The second-order valence-electron chi connectivity index (χ2n) is 15.3. The predicted molar refractivity (Wildman–Crippen MR) is 240 cm³/mol. The molecule has 2 heterocycles. The van der Waals surface area contributed by atoms with E-state index < -0.39 is 42.3 Å². The lowest BCUT2D eigenvalue weighted by Crippen LogP contribution is -2.62. The molecule has 1 saturated heterocycles. The van der Waals surface area contributed by atoms with Crippen molar-refractivity contribution in [2.45, 2.75) is 77.1 Å². The molecule has 0 spiro atoms. The zero-order valence-electron chi connectivity index (χ0n) is 35.5. The Balaban J connectivity index is 1.15. The first-order valence-corrected chi connectivity index (χ1v) is 21.4. The fraction of sp³-hybridized carbons (Fsp3) is 0.245. The van der Waals surface area contributed by atoms with Crippen molar-refractivity contribution in [3.05, 3.63) is 208 Å². The third-order valence-corrected chi connectivity index (χ3v) is 10.6. The second-order valence-corrected chi connectivity index (χ2v) is 15.3. The van der Waals surface area contributed by atoms with Gasteiger partial charge >= 0.3 is 11.6 Å². The van der Waals surface area contributed by atoms with Crippen LogP contribution in [0.25, 0.3) is 11.0 Å². The van der Waals surface area contributed by atoms with E-state index in [-0.39, 0.29) is 56.5 Å². The van der Waals surface area contributed by atoms with Crippen LogP contribution in [0, 0.1) is 0 Å². The van der Waals surface area contributed by atoms with Crippen LogP contribution in [0.15, 0.2) is 179 Å². The van der Waals surface area contributed by atoms with E-state index in [0.29, 0.717) is 17.7 Å². The number of rotatable bonds is 20. The molecule has 0 unspecified atom stereocenters. The van der Waals surface area contributed by atoms with E-state index in [4.69, 9.17) is 42.3 Å². The van der Waals surface area contributed by atoms with E-state index in [2.05, 4.69) is 0 Å². The van der Waals surface area contributed by atoms with Crippen LogP contribution in [0.2, 0.25) is 0 Å². The van der Waals surface area contributed by atoms with Crippen molar-refractivity contribution in [3.63, 3.8) is 0 Å². The highest BCUT2D eigenvalue weighted by atomic mass is 16.7. The van der Waals surface area contributed by atoms with Crippen LogP contribution in [0.5, 0.6) is 17.2 Å². The Hall–Kier alpha value is -6.60. The Labute approximate surface area is 372 Å². The summed E-state index contributed by atoms with van der Waals surface area (Å²) in [6.07, 6.45) is -3.98. The standard InChI is InChI=1S/C53H50O11/c1-2-46(54)64-50-47(57-32-38-20-10-4-11-21-38)43-29-28-42(30-44(43)62-52(50)55)61-53-51(60-35-41-26-16-7-17-27-41)49(59-34-40-24-14-6-15-25-40)48(58-33-39-22-12-5-13-23-39)45(63-53)36-56-31-37-18-8-3-9-19-37/h3-30,45,48-49,51,53H,2,31-36H2,1H3/t45-,48+,49+,51-,53-/m1/s1. The number of hydrogen-bond acceptors (Lipinski definition) is 11. The van der Waals surface area contributed by atoms with Crippen LogP contribution in [0.3, 0.4) is 0 Å². The molecular formula is C53H50O11. The number of benzene rings is 6. The van der Waals surface area contributed by atoms with Gasteiger partial charge in [-0.2, -0.15) is 0 Å². The average molecular weight is 863 g/mol. The summed E-state index contributed by atoms with van der Waals surface area (Å²) in [4.78, 5) is 26.0. The highest BCUT2D eigenvalue weighted by Gasteiger charge is 2.50. The molecule has 1 aliphatic heterocycles. The van der Waals surface area contributed by atoms with Gasteiger partial charge in [0, 0.05) is 12.5 Å². The van der Waals surface area contributed by atoms with Crippen LogP contribution < -0.4 is 19.8 Å². The van der Waals surface area contributed by atoms with E-state index in [1.54, 1.807) is 25.1 Å². The van der Waals surface area contributed by atoms with E-state index >= 15 is 0 Å². The van der Waals surface area contributed by atoms with Gasteiger partial charge in [-0.15, -0.1) is 0 Å². The summed E-state index contributed by atoms with van der Waals surface area (Å²) in [5.74, 6) is -0.558. The molecule has 11 heteroatoms. The predicted octanol–water partition coefficient (Wildman–Crippen LogP) is 9.76. The summed E-state index contributed by atoms with van der Waals surface area (Å²) in [5, 5.41) is 0.397. The summed E-state index contributed by atoms with van der Waals surface area (Å²) in [6.45, 7) is 2.97. The van der Waals surface area contributed by atoms with E-state index in [0.717, 1.165) is 27.8 Å². The molecule has 0 N–H and O–H groups in total. The molecule has 1 fully saturated rings. The summed E-state index contributed by atoms with van der Waals surface area (Å²) in [6, 6.07) is 54.0. The molecular weight excluding hydrogens is 813 g/mol. The molecule has 11 nitrogen and oxygen atoms in total. The Morgan fingerprint density at radius 3 is 1.56 bits per heavy atom. The van der Waals surface area contributed by atoms with Gasteiger partial charge in [-0.3, -0.25) is 4.79 Å². The number of carbonyl (C=O) groups is 1. The van der Waals surface area contributed by atoms with Gasteiger partial charge in [0.15, 0.2) is 5.75 Å². The third kappa shape index (κ3) is 11.7. The van der Waals surface area contributed by atoms with Gasteiger partial charge in [-0.05, 0) is 39.9 Å². The first-order valence-electron chi connectivity index (χ1n) is 21.4. The normalized spacial score (nSPS) is 18.4. The van der Waals surface area contributed by atoms with E-state index in [1.807, 2.05) is 152 Å². The zero-order valence-corrected chi connectivity index (χ0v) is 35.5. The lowest BCUT2D eigenvalue weighted by Gasteiger charge is -2.45. The maximum atomic E-state index is 13.5. The minimum atomic E-state index is -1.07. The number of fused-ring (bicyclic) bond motifs is 1. The Bertz CT molecular complexity index is 2570. The monoisotopic (exact) mass is 862 g/mol. The van der Waals surface area contributed by atoms with Crippen molar-refractivity contribution in [3.8, 4) is 17.2 Å². The number of ether oxygens (including phenoxy) is 8. The zero-order chi connectivity index (χ0) is 43.9. The number of carbonyl (C=O) groups excluding carboxylic acids is 1. The molecule has 64 heavy (non-hydrogen) atoms. The van der Waals surface area contributed by atoms with Gasteiger partial charge in [-0.25, -0.2) is 4.79 Å². The molecule has 1 aromatic heterocycles. The summed E-state index contributed by atoms with van der Waals surface area (Å²) >= 11 is 0. The van der Waals surface area contributed by atoms with E-state index in [9.17, 15) is 9.59 Å². The highest BCUT2D eigenvalue weighted by molar-refractivity contribution is 5.88. The molecule has 7 aromatic rings. The minimum Gasteiger partial charge on any atom is -0.484 e. The molecule has 8 rings (SSSR count). The Morgan fingerprint density at radius 1 is 0.547 bits per heavy atom. The third-order valence-electron chi connectivity index (χ3n) is 10.6. The van der Waals surface area contributed by atoms with Crippen molar-refractivity contribution in [1.29, 1.82) is 0 Å². The Morgan fingerprint density at radius 2 is 1.03 bits per heavy atom. The first kappa shape index (κ1) is 44.0. The molecule has 0 bridgehead atoms. The van der Waals surface area contributed by atoms with Gasteiger partial charge in [0.25, 0.3) is 5.75 Å². The van der Waals surface area contributed by atoms with Crippen molar-refractivity contribution in [2.75, 3.05) is 6.61 Å². The maximum absolute atomic E-state index is 13.5. The van der Waals surface area contributed by atoms with Crippen molar-refractivity contribution in [1.82, 2.24) is 0 Å². The lowest BCUT2D eigenvalue weighted by atomic mass is 9.97. The van der Waals surface area contributed by atoms with Crippen molar-refractivity contribution >= 4 is 16.9 Å². The van der Waals surface area contributed by atoms with Gasteiger partial charge in [-0.1, -0.05) is 159 Å². The Kier molecular flexibility index (Phi) is 15.2. The van der Waals surface area contributed by atoms with Gasteiger partial charge in [0.2, 0.25) is 6.29 Å². The highest BCUT2D eigenvalue weighted by Crippen LogP contribution is 2.37. The topological polar surface area (TPSA) is 121 Å². The number of esters is 1. The van der Waals surface area contributed by atoms with Crippen LogP contribution in [-0.4, -0.2) is 43.3 Å². The fourth-order valence-electron chi connectivity index (χ4n) is 7.33. The van der Waals surface area contributed by atoms with Crippen LogP contribution in [0.4, 0.5) is 0 Å². The summed E-state index contributed by atoms with van der Waals surface area (Å²) in [7, 11) is 0. The fourth-order valence-corrected chi connectivity index (χ4v) is 7.33.